The smallest absolute Gasteiger partial charge is 0.301 e. The van der Waals surface area contributed by atoms with E-state index in [0.717, 1.165) is 39.7 Å². The van der Waals surface area contributed by atoms with Gasteiger partial charge >= 0.3 is 5.91 Å². The van der Waals surface area contributed by atoms with Gasteiger partial charge in [0.05, 0.1) is 28.4 Å². The number of unbranched alkanes of at least 4 members (excludes halogenated alkanes) is 1. The molecule has 6 nitrogen and oxygen atoms in total. The molecule has 0 aliphatic carbocycles. The summed E-state index contributed by atoms with van der Waals surface area (Å²) in [6.45, 7) is 8.87. The average molecular weight is 541 g/mol. The fraction of sp³-hybridized carbons (Fsp3) is 0.281. The SMILES string of the molecule is CCCCOc1cccc(C(O)=C2C(=O)C(=O)N(c3nc4ccc(C)cc4s3)C2c2ccc(C(C)C)cc2)c1. The van der Waals surface area contributed by atoms with E-state index in [1.807, 2.05) is 55.5 Å². The first-order valence-electron chi connectivity index (χ1n) is 13.3. The Kier molecular flexibility index (Phi) is 7.53. The Balaban J connectivity index is 1.65. The van der Waals surface area contributed by atoms with Crippen LogP contribution in [0.3, 0.4) is 0 Å². The van der Waals surface area contributed by atoms with Gasteiger partial charge in [0.15, 0.2) is 5.13 Å². The second-order valence-electron chi connectivity index (χ2n) is 10.2. The van der Waals surface area contributed by atoms with Crippen LogP contribution in [0.15, 0.2) is 72.3 Å². The van der Waals surface area contributed by atoms with Crippen molar-refractivity contribution in [3.8, 4) is 5.75 Å². The van der Waals surface area contributed by atoms with Gasteiger partial charge in [-0.25, -0.2) is 4.98 Å². The lowest BCUT2D eigenvalue weighted by molar-refractivity contribution is -0.132. The topological polar surface area (TPSA) is 79.7 Å². The second-order valence-corrected chi connectivity index (χ2v) is 11.2. The summed E-state index contributed by atoms with van der Waals surface area (Å²) in [6, 6.07) is 19.9. The zero-order valence-corrected chi connectivity index (χ0v) is 23.4. The van der Waals surface area contributed by atoms with E-state index in [9.17, 15) is 14.7 Å². The molecule has 5 rings (SSSR count). The number of aliphatic hydroxyl groups is 1. The summed E-state index contributed by atoms with van der Waals surface area (Å²) in [6.07, 6.45) is 1.92. The van der Waals surface area contributed by atoms with Crippen molar-refractivity contribution in [3.63, 3.8) is 0 Å². The predicted molar refractivity (Wildman–Crippen MR) is 157 cm³/mol. The molecular formula is C32H32N2O4S. The van der Waals surface area contributed by atoms with Crippen LogP contribution in [0, 0.1) is 6.92 Å². The lowest BCUT2D eigenvalue weighted by atomic mass is 9.93. The van der Waals surface area contributed by atoms with Crippen LogP contribution in [0.4, 0.5) is 5.13 Å². The fourth-order valence-corrected chi connectivity index (χ4v) is 5.84. The van der Waals surface area contributed by atoms with Crippen LogP contribution in [0.1, 0.15) is 67.8 Å². The normalized spacial score (nSPS) is 16.9. The van der Waals surface area contributed by atoms with Crippen LogP contribution in [-0.2, 0) is 9.59 Å². The van der Waals surface area contributed by atoms with Crippen molar-refractivity contribution >= 4 is 44.1 Å². The minimum atomic E-state index is -0.822. The highest BCUT2D eigenvalue weighted by Gasteiger charge is 2.48. The Morgan fingerprint density at radius 1 is 1.08 bits per heavy atom. The number of rotatable bonds is 8. The number of carbonyl (C=O) groups excluding carboxylic acids is 2. The molecule has 1 fully saturated rings. The molecule has 2 heterocycles. The van der Waals surface area contributed by atoms with E-state index in [1.165, 1.54) is 16.2 Å². The number of anilines is 1. The van der Waals surface area contributed by atoms with Crippen LogP contribution in [0.25, 0.3) is 16.0 Å². The quantitative estimate of drug-likeness (QED) is 0.108. The number of aryl methyl sites for hydroxylation is 1. The van der Waals surface area contributed by atoms with Gasteiger partial charge in [0, 0.05) is 5.56 Å². The molecule has 1 saturated heterocycles. The summed E-state index contributed by atoms with van der Waals surface area (Å²) in [5, 5.41) is 11.9. The van der Waals surface area contributed by atoms with E-state index in [2.05, 4.69) is 20.8 Å². The molecule has 1 aliphatic heterocycles. The monoisotopic (exact) mass is 540 g/mol. The maximum absolute atomic E-state index is 13.6. The molecule has 4 aromatic rings. The summed E-state index contributed by atoms with van der Waals surface area (Å²) < 4.78 is 6.75. The van der Waals surface area contributed by atoms with Crippen molar-refractivity contribution in [2.24, 2.45) is 0 Å². The standard InChI is InChI=1S/C32H32N2O4S/c1-5-6-16-38-24-9-7-8-23(18-24)29(35)27-28(22-13-11-21(12-14-22)19(2)3)34(31(37)30(27)36)32-33-25-15-10-20(4)17-26(25)39-32/h7-15,17-19,28,35H,5-6,16H2,1-4H3. The number of benzene rings is 3. The fourth-order valence-electron chi connectivity index (χ4n) is 4.75. The van der Waals surface area contributed by atoms with Gasteiger partial charge in [-0.1, -0.05) is 81.0 Å². The van der Waals surface area contributed by atoms with Crippen LogP contribution < -0.4 is 9.64 Å². The van der Waals surface area contributed by atoms with Crippen molar-refractivity contribution in [1.82, 2.24) is 4.98 Å². The highest BCUT2D eigenvalue weighted by molar-refractivity contribution is 7.22. The molecule has 1 aliphatic rings. The van der Waals surface area contributed by atoms with Crippen LogP contribution >= 0.6 is 11.3 Å². The van der Waals surface area contributed by atoms with Crippen molar-refractivity contribution in [2.75, 3.05) is 11.5 Å². The first-order valence-corrected chi connectivity index (χ1v) is 14.1. The van der Waals surface area contributed by atoms with Gasteiger partial charge in [0.2, 0.25) is 0 Å². The third-order valence-electron chi connectivity index (χ3n) is 6.98. The zero-order valence-electron chi connectivity index (χ0n) is 22.6. The summed E-state index contributed by atoms with van der Waals surface area (Å²) in [5.74, 6) is -0.750. The molecule has 200 valence electrons. The molecule has 0 radical (unpaired) electrons. The minimum Gasteiger partial charge on any atom is -0.507 e. The Bertz CT molecular complexity index is 1570. The number of aliphatic hydroxyl groups excluding tert-OH is 1. The summed E-state index contributed by atoms with van der Waals surface area (Å²) in [7, 11) is 0. The Morgan fingerprint density at radius 3 is 2.56 bits per heavy atom. The van der Waals surface area contributed by atoms with E-state index in [1.54, 1.807) is 18.2 Å². The van der Waals surface area contributed by atoms with Crippen LogP contribution in [0.5, 0.6) is 5.75 Å². The average Bonchev–Trinajstić information content (AvgIpc) is 3.46. The first kappa shape index (κ1) is 26.6. The molecular weight excluding hydrogens is 508 g/mol. The van der Waals surface area contributed by atoms with Gasteiger partial charge < -0.3 is 9.84 Å². The molecule has 0 saturated carbocycles. The highest BCUT2D eigenvalue weighted by Crippen LogP contribution is 2.44. The summed E-state index contributed by atoms with van der Waals surface area (Å²) >= 11 is 1.36. The molecule has 7 heteroatoms. The maximum atomic E-state index is 13.6. The zero-order chi connectivity index (χ0) is 27.7. The highest BCUT2D eigenvalue weighted by atomic mass is 32.1. The number of ketones is 1. The van der Waals surface area contributed by atoms with Gasteiger partial charge in [-0.3, -0.25) is 14.5 Å². The van der Waals surface area contributed by atoms with Crippen LogP contribution in [0.2, 0.25) is 0 Å². The van der Waals surface area contributed by atoms with Crippen molar-refractivity contribution in [1.29, 1.82) is 0 Å². The first-order chi connectivity index (χ1) is 18.8. The number of hydrogen-bond acceptors (Lipinski definition) is 6. The molecule has 1 amide bonds. The molecule has 0 spiro atoms. The molecule has 1 N–H and O–H groups in total. The Morgan fingerprint density at radius 2 is 1.85 bits per heavy atom. The lowest BCUT2D eigenvalue weighted by Crippen LogP contribution is -2.29. The molecule has 39 heavy (non-hydrogen) atoms. The lowest BCUT2D eigenvalue weighted by Gasteiger charge is -2.23. The van der Waals surface area contributed by atoms with E-state index in [0.29, 0.717) is 29.0 Å². The van der Waals surface area contributed by atoms with Crippen molar-refractivity contribution in [3.05, 3.63) is 94.6 Å². The maximum Gasteiger partial charge on any atom is 0.301 e. The predicted octanol–water partition coefficient (Wildman–Crippen LogP) is 7.53. The van der Waals surface area contributed by atoms with Gasteiger partial charge in [0.25, 0.3) is 5.78 Å². The number of nitrogens with zero attached hydrogens (tertiary/aromatic N) is 2. The number of ether oxygens (including phenoxy) is 1. The van der Waals surface area contributed by atoms with E-state index in [4.69, 9.17) is 9.72 Å². The van der Waals surface area contributed by atoms with E-state index >= 15 is 0 Å². The largest absolute Gasteiger partial charge is 0.507 e. The third kappa shape index (κ3) is 5.19. The molecule has 1 aromatic heterocycles. The van der Waals surface area contributed by atoms with Crippen LogP contribution in [-0.4, -0.2) is 28.4 Å². The van der Waals surface area contributed by atoms with Gasteiger partial charge in [-0.15, -0.1) is 0 Å². The molecule has 3 aromatic carbocycles. The molecule has 1 atom stereocenters. The van der Waals surface area contributed by atoms with Gasteiger partial charge in [0.1, 0.15) is 11.5 Å². The third-order valence-corrected chi connectivity index (χ3v) is 7.99. The summed E-state index contributed by atoms with van der Waals surface area (Å²) in [5.41, 5.74) is 4.17. The number of thiazole rings is 1. The number of Topliss-reactive ketones (excluding diaryl/α,β-unsaturated/α-hetero) is 1. The van der Waals surface area contributed by atoms with Gasteiger partial charge in [-0.2, -0.15) is 0 Å². The Labute approximate surface area is 232 Å². The van der Waals surface area contributed by atoms with Crippen molar-refractivity contribution < 1.29 is 19.4 Å². The second kappa shape index (κ2) is 11.0. The number of aromatic nitrogens is 1. The minimum absolute atomic E-state index is 0.0402. The number of carbonyl (C=O) groups is 2. The molecule has 1 unspecified atom stereocenters. The number of fused-ring (bicyclic) bond motifs is 1. The number of hydrogen-bond donors (Lipinski definition) is 1. The molecule has 0 bridgehead atoms. The number of amides is 1. The summed E-state index contributed by atoms with van der Waals surface area (Å²) in [4.78, 5) is 33.3. The van der Waals surface area contributed by atoms with Crippen molar-refractivity contribution in [2.45, 2.75) is 52.5 Å². The van der Waals surface area contributed by atoms with E-state index in [-0.39, 0.29) is 11.3 Å². The van der Waals surface area contributed by atoms with Gasteiger partial charge in [-0.05, 0) is 60.2 Å². The Hall–Kier alpha value is -3.97. The van der Waals surface area contributed by atoms with E-state index < -0.39 is 17.7 Å².